The van der Waals surface area contributed by atoms with Crippen LogP contribution in [-0.4, -0.2) is 13.1 Å². The minimum absolute atomic E-state index is 0.477. The van der Waals surface area contributed by atoms with Gasteiger partial charge in [-0.2, -0.15) is 0 Å². The fraction of sp³-hybridized carbons (Fsp3) is 0.455. The first kappa shape index (κ1) is 7.84. The number of halogens is 1. The van der Waals surface area contributed by atoms with Crippen molar-refractivity contribution in [3.8, 4) is 0 Å². The molecule has 68 valence electrons. The highest BCUT2D eigenvalue weighted by Crippen LogP contribution is 2.56. The maximum Gasteiger partial charge on any atom is 0.0406 e. The van der Waals surface area contributed by atoms with Crippen molar-refractivity contribution in [1.29, 1.82) is 0 Å². The fourth-order valence-electron chi connectivity index (χ4n) is 2.57. The van der Waals surface area contributed by atoms with Gasteiger partial charge in [0, 0.05) is 17.0 Å². The van der Waals surface area contributed by atoms with E-state index in [0.717, 1.165) is 17.5 Å². The van der Waals surface area contributed by atoms with Crippen LogP contribution in [0.25, 0.3) is 0 Å². The maximum atomic E-state index is 5.86. The molecular formula is C11H12ClN. The molecule has 0 bridgehead atoms. The van der Waals surface area contributed by atoms with Crippen LogP contribution in [0.2, 0.25) is 5.02 Å². The van der Waals surface area contributed by atoms with Gasteiger partial charge in [0.2, 0.25) is 0 Å². The number of fused-ring (bicyclic) bond motifs is 1. The maximum absolute atomic E-state index is 5.86. The van der Waals surface area contributed by atoms with Gasteiger partial charge in [-0.1, -0.05) is 23.7 Å². The summed E-state index contributed by atoms with van der Waals surface area (Å²) in [5.41, 5.74) is 1.94. The molecule has 1 saturated heterocycles. The molecule has 0 spiro atoms. The SMILES string of the molecule is Clc1ccc([C@@]23CNCC2C3)cc1. The first-order chi connectivity index (χ1) is 6.31. The topological polar surface area (TPSA) is 12.0 Å². The number of piperidine rings is 1. The van der Waals surface area contributed by atoms with Crippen molar-refractivity contribution >= 4 is 11.6 Å². The van der Waals surface area contributed by atoms with Gasteiger partial charge in [0.25, 0.3) is 0 Å². The van der Waals surface area contributed by atoms with Crippen molar-refractivity contribution in [1.82, 2.24) is 5.32 Å². The van der Waals surface area contributed by atoms with Crippen LogP contribution in [0.1, 0.15) is 12.0 Å². The number of benzene rings is 1. The lowest BCUT2D eigenvalue weighted by molar-refractivity contribution is 0.676. The molecule has 1 aromatic rings. The van der Waals surface area contributed by atoms with Gasteiger partial charge in [-0.25, -0.2) is 0 Å². The van der Waals surface area contributed by atoms with Crippen LogP contribution in [0.4, 0.5) is 0 Å². The third-order valence-corrected chi connectivity index (χ3v) is 3.73. The summed E-state index contributed by atoms with van der Waals surface area (Å²) in [5.74, 6) is 0.883. The van der Waals surface area contributed by atoms with Crippen LogP contribution in [0, 0.1) is 5.92 Å². The molecule has 1 saturated carbocycles. The minimum atomic E-state index is 0.477. The molecule has 2 fully saturated rings. The predicted molar refractivity (Wildman–Crippen MR) is 54.1 cm³/mol. The summed E-state index contributed by atoms with van der Waals surface area (Å²) < 4.78 is 0. The summed E-state index contributed by atoms with van der Waals surface area (Å²) in [6, 6.07) is 8.35. The Kier molecular flexibility index (Phi) is 1.50. The first-order valence-electron chi connectivity index (χ1n) is 4.78. The fourth-order valence-corrected chi connectivity index (χ4v) is 2.70. The van der Waals surface area contributed by atoms with Gasteiger partial charge >= 0.3 is 0 Å². The van der Waals surface area contributed by atoms with Gasteiger partial charge in [-0.15, -0.1) is 0 Å². The van der Waals surface area contributed by atoms with Crippen LogP contribution in [0.5, 0.6) is 0 Å². The summed E-state index contributed by atoms with van der Waals surface area (Å²) in [7, 11) is 0. The van der Waals surface area contributed by atoms with Crippen molar-refractivity contribution in [2.45, 2.75) is 11.8 Å². The van der Waals surface area contributed by atoms with Gasteiger partial charge in [0.15, 0.2) is 0 Å². The van der Waals surface area contributed by atoms with Crippen LogP contribution >= 0.6 is 11.6 Å². The first-order valence-corrected chi connectivity index (χ1v) is 5.16. The number of nitrogens with one attached hydrogen (secondary N) is 1. The summed E-state index contributed by atoms with van der Waals surface area (Å²) in [6.07, 6.45) is 1.36. The molecule has 1 aliphatic heterocycles. The molecule has 0 amide bonds. The molecule has 0 radical (unpaired) electrons. The van der Waals surface area contributed by atoms with Gasteiger partial charge in [0.1, 0.15) is 0 Å². The van der Waals surface area contributed by atoms with Crippen molar-refractivity contribution in [2.75, 3.05) is 13.1 Å². The second kappa shape index (κ2) is 2.49. The normalized spacial score (nSPS) is 35.9. The largest absolute Gasteiger partial charge is 0.316 e. The lowest BCUT2D eigenvalue weighted by atomic mass is 9.95. The highest BCUT2D eigenvalue weighted by molar-refractivity contribution is 6.30. The molecule has 1 aliphatic carbocycles. The van der Waals surface area contributed by atoms with E-state index < -0.39 is 0 Å². The molecule has 1 N–H and O–H groups in total. The van der Waals surface area contributed by atoms with Crippen molar-refractivity contribution < 1.29 is 0 Å². The van der Waals surface area contributed by atoms with Crippen LogP contribution in [-0.2, 0) is 5.41 Å². The van der Waals surface area contributed by atoms with Crippen LogP contribution < -0.4 is 5.32 Å². The number of hydrogen-bond acceptors (Lipinski definition) is 1. The van der Waals surface area contributed by atoms with Crippen molar-refractivity contribution in [3.63, 3.8) is 0 Å². The van der Waals surface area contributed by atoms with E-state index >= 15 is 0 Å². The van der Waals surface area contributed by atoms with E-state index in [2.05, 4.69) is 17.4 Å². The number of rotatable bonds is 1. The summed E-state index contributed by atoms with van der Waals surface area (Å²) >= 11 is 5.86. The molecule has 2 aliphatic rings. The van der Waals surface area contributed by atoms with Crippen molar-refractivity contribution in [2.24, 2.45) is 5.92 Å². The van der Waals surface area contributed by atoms with Gasteiger partial charge in [-0.3, -0.25) is 0 Å². The molecule has 2 heteroatoms. The zero-order valence-corrected chi connectivity index (χ0v) is 8.14. The molecular weight excluding hydrogens is 182 g/mol. The quantitative estimate of drug-likeness (QED) is 0.721. The molecule has 1 aromatic carbocycles. The molecule has 2 atom stereocenters. The lowest BCUT2D eigenvalue weighted by Gasteiger charge is -2.11. The molecule has 0 aromatic heterocycles. The zero-order valence-electron chi connectivity index (χ0n) is 7.39. The average Bonchev–Trinajstić information content (AvgIpc) is 2.71. The van der Waals surface area contributed by atoms with Gasteiger partial charge in [0.05, 0.1) is 0 Å². The van der Waals surface area contributed by atoms with Crippen molar-refractivity contribution in [3.05, 3.63) is 34.9 Å². The zero-order chi connectivity index (χ0) is 8.89. The highest BCUT2D eigenvalue weighted by Gasteiger charge is 2.57. The third-order valence-electron chi connectivity index (χ3n) is 3.48. The van der Waals surface area contributed by atoms with E-state index in [1.807, 2.05) is 12.1 Å². The smallest absolute Gasteiger partial charge is 0.0406 e. The molecule has 1 heterocycles. The Labute approximate surface area is 83.1 Å². The Morgan fingerprint density at radius 3 is 2.62 bits per heavy atom. The van der Waals surface area contributed by atoms with E-state index in [1.165, 1.54) is 18.5 Å². The second-order valence-electron chi connectivity index (χ2n) is 4.19. The third kappa shape index (κ3) is 1.04. The Morgan fingerprint density at radius 1 is 1.31 bits per heavy atom. The molecule has 13 heavy (non-hydrogen) atoms. The summed E-state index contributed by atoms with van der Waals surface area (Å²) in [4.78, 5) is 0. The van der Waals surface area contributed by atoms with Gasteiger partial charge < -0.3 is 5.32 Å². The number of hydrogen-bond donors (Lipinski definition) is 1. The van der Waals surface area contributed by atoms with E-state index in [9.17, 15) is 0 Å². The molecule has 3 rings (SSSR count). The summed E-state index contributed by atoms with van der Waals surface area (Å²) in [6.45, 7) is 2.35. The molecule has 1 nitrogen and oxygen atoms in total. The van der Waals surface area contributed by atoms with E-state index in [4.69, 9.17) is 11.6 Å². The minimum Gasteiger partial charge on any atom is -0.316 e. The van der Waals surface area contributed by atoms with E-state index in [0.29, 0.717) is 5.41 Å². The Balaban J connectivity index is 1.97. The van der Waals surface area contributed by atoms with Crippen LogP contribution in [0.3, 0.4) is 0 Å². The molecule has 1 unspecified atom stereocenters. The van der Waals surface area contributed by atoms with Gasteiger partial charge in [-0.05, 0) is 36.6 Å². The van der Waals surface area contributed by atoms with E-state index in [-0.39, 0.29) is 0 Å². The highest BCUT2D eigenvalue weighted by atomic mass is 35.5. The summed E-state index contributed by atoms with van der Waals surface area (Å²) in [5, 5.41) is 4.28. The Hall–Kier alpha value is -0.530. The predicted octanol–water partition coefficient (Wildman–Crippen LogP) is 2.20. The Morgan fingerprint density at radius 2 is 2.08 bits per heavy atom. The average molecular weight is 194 g/mol. The Bertz CT molecular complexity index is 332. The standard InChI is InChI=1S/C11H12ClN/c12-10-3-1-8(2-4-10)11-5-9(11)6-13-7-11/h1-4,9,13H,5-7H2/t9?,11-/m1/s1. The lowest BCUT2D eigenvalue weighted by Crippen LogP contribution is -2.18. The monoisotopic (exact) mass is 193 g/mol. The van der Waals surface area contributed by atoms with Crippen LogP contribution in [0.15, 0.2) is 24.3 Å². The second-order valence-corrected chi connectivity index (χ2v) is 4.63. The van der Waals surface area contributed by atoms with E-state index in [1.54, 1.807) is 0 Å².